The molecule has 1 aliphatic heterocycles. The van der Waals surface area contributed by atoms with Gasteiger partial charge in [-0.1, -0.05) is 25.7 Å². The zero-order valence-electron chi connectivity index (χ0n) is 15.3. The van der Waals surface area contributed by atoms with Crippen molar-refractivity contribution in [1.82, 2.24) is 20.4 Å². The van der Waals surface area contributed by atoms with Crippen LogP contribution in [0.25, 0.3) is 10.9 Å². The smallest absolute Gasteiger partial charge is 0.269 e. The van der Waals surface area contributed by atoms with Gasteiger partial charge in [0.15, 0.2) is 0 Å². The van der Waals surface area contributed by atoms with Crippen LogP contribution in [-0.2, 0) is 17.8 Å². The van der Waals surface area contributed by atoms with Gasteiger partial charge in [0.1, 0.15) is 5.82 Å². The quantitative estimate of drug-likeness (QED) is 0.808. The number of hydrogen-bond donors (Lipinski definition) is 2. The molecule has 0 spiro atoms. The Hall–Kier alpha value is -2.70. The fourth-order valence-corrected chi connectivity index (χ4v) is 4.12. The van der Waals surface area contributed by atoms with E-state index in [1.165, 1.54) is 25.7 Å². The number of benzene rings is 1. The highest BCUT2D eigenvalue weighted by Crippen LogP contribution is 2.28. The summed E-state index contributed by atoms with van der Waals surface area (Å²) in [7, 11) is 0. The number of carbonyl (C=O) groups excluding carboxylic acids is 2. The van der Waals surface area contributed by atoms with Gasteiger partial charge >= 0.3 is 0 Å². The zero-order valence-corrected chi connectivity index (χ0v) is 15.3. The normalized spacial score (nSPS) is 16.4. The van der Waals surface area contributed by atoms with E-state index in [4.69, 9.17) is 0 Å². The van der Waals surface area contributed by atoms with E-state index in [-0.39, 0.29) is 11.5 Å². The lowest BCUT2D eigenvalue weighted by atomic mass is 10.0. The first kappa shape index (κ1) is 17.7. The molecule has 7 nitrogen and oxygen atoms in total. The second-order valence-corrected chi connectivity index (χ2v) is 7.51. The maximum absolute atomic E-state index is 12.5. The minimum Gasteiger partial charge on any atom is -0.296 e. The third kappa shape index (κ3) is 3.72. The first-order valence-electron chi connectivity index (χ1n) is 9.74. The van der Waals surface area contributed by atoms with Crippen LogP contribution >= 0.6 is 0 Å². The van der Waals surface area contributed by atoms with Gasteiger partial charge in [0, 0.05) is 24.9 Å². The van der Waals surface area contributed by atoms with E-state index in [2.05, 4.69) is 15.8 Å². The van der Waals surface area contributed by atoms with Gasteiger partial charge in [-0.3, -0.25) is 29.8 Å². The standard InChI is InChI=1S/C20H24N4O3/c25-18(10-7-13-4-1-2-5-13)22-23-19(26)14-8-9-15-16(12-14)21-17-6-3-11-24(17)20(15)27/h8-9,12-13H,1-7,10-11H2,(H,22,25)(H,23,26). The molecule has 2 N–H and O–H groups in total. The number of aryl methyl sites for hydroxylation is 1. The monoisotopic (exact) mass is 368 g/mol. The fraction of sp³-hybridized carbons (Fsp3) is 0.500. The lowest BCUT2D eigenvalue weighted by molar-refractivity contribution is -0.122. The van der Waals surface area contributed by atoms with Gasteiger partial charge in [-0.25, -0.2) is 4.98 Å². The summed E-state index contributed by atoms with van der Waals surface area (Å²) in [5, 5.41) is 0.512. The summed E-state index contributed by atoms with van der Waals surface area (Å²) < 4.78 is 1.70. The molecule has 0 radical (unpaired) electrons. The molecule has 2 aromatic rings. The van der Waals surface area contributed by atoms with Crippen molar-refractivity contribution in [2.24, 2.45) is 5.92 Å². The third-order valence-corrected chi connectivity index (χ3v) is 5.65. The van der Waals surface area contributed by atoms with Crippen LogP contribution in [0.4, 0.5) is 0 Å². The highest BCUT2D eigenvalue weighted by atomic mass is 16.2. The molecule has 1 saturated carbocycles. The second kappa shape index (κ2) is 7.50. The number of fused-ring (bicyclic) bond motifs is 2. The van der Waals surface area contributed by atoms with Gasteiger partial charge in [0.2, 0.25) is 5.91 Å². The molecule has 2 aliphatic rings. The van der Waals surface area contributed by atoms with Crippen LogP contribution in [0.3, 0.4) is 0 Å². The average molecular weight is 368 g/mol. The van der Waals surface area contributed by atoms with Crippen molar-refractivity contribution in [3.05, 3.63) is 39.9 Å². The fourth-order valence-electron chi connectivity index (χ4n) is 4.12. The zero-order chi connectivity index (χ0) is 18.8. The Morgan fingerprint density at radius 3 is 2.78 bits per heavy atom. The predicted molar refractivity (Wildman–Crippen MR) is 101 cm³/mol. The van der Waals surface area contributed by atoms with Gasteiger partial charge in [-0.15, -0.1) is 0 Å². The molecule has 0 unspecified atom stereocenters. The maximum Gasteiger partial charge on any atom is 0.269 e. The van der Waals surface area contributed by atoms with Crippen LogP contribution < -0.4 is 16.4 Å². The van der Waals surface area contributed by atoms with Gasteiger partial charge < -0.3 is 0 Å². The summed E-state index contributed by atoms with van der Waals surface area (Å²) in [5.41, 5.74) is 5.77. The second-order valence-electron chi connectivity index (χ2n) is 7.51. The molecule has 27 heavy (non-hydrogen) atoms. The van der Waals surface area contributed by atoms with Crippen LogP contribution in [0.1, 0.15) is 61.1 Å². The van der Waals surface area contributed by atoms with Crippen LogP contribution in [-0.4, -0.2) is 21.4 Å². The summed E-state index contributed by atoms with van der Waals surface area (Å²) in [5.74, 6) is 0.822. The van der Waals surface area contributed by atoms with Crippen molar-refractivity contribution in [3.8, 4) is 0 Å². The Balaban J connectivity index is 1.39. The Labute approximate surface area is 157 Å². The Morgan fingerprint density at radius 1 is 1.15 bits per heavy atom. The molecule has 1 aliphatic carbocycles. The van der Waals surface area contributed by atoms with E-state index in [0.717, 1.165) is 25.1 Å². The Kier molecular flexibility index (Phi) is 4.92. The van der Waals surface area contributed by atoms with Crippen LogP contribution in [0.15, 0.2) is 23.0 Å². The predicted octanol–water partition coefficient (Wildman–Crippen LogP) is 2.07. The number of hydrogen-bond acceptors (Lipinski definition) is 4. The van der Waals surface area contributed by atoms with Gasteiger partial charge in [-0.05, 0) is 37.0 Å². The summed E-state index contributed by atoms with van der Waals surface area (Å²) in [4.78, 5) is 41.3. The molecule has 1 aromatic carbocycles. The van der Waals surface area contributed by atoms with Crippen LogP contribution in [0.5, 0.6) is 0 Å². The molecule has 0 bridgehead atoms. The summed E-state index contributed by atoms with van der Waals surface area (Å²) in [6.07, 6.45) is 7.90. The number of aromatic nitrogens is 2. The van der Waals surface area contributed by atoms with Crippen LogP contribution in [0, 0.1) is 5.92 Å². The molecule has 2 heterocycles. The molecule has 0 saturated heterocycles. The number of hydrazine groups is 1. The van der Waals surface area contributed by atoms with Crippen molar-refractivity contribution >= 4 is 22.7 Å². The first-order valence-corrected chi connectivity index (χ1v) is 9.74. The summed E-state index contributed by atoms with van der Waals surface area (Å²) >= 11 is 0. The lowest BCUT2D eigenvalue weighted by Gasteiger charge is -2.10. The summed E-state index contributed by atoms with van der Waals surface area (Å²) in [6.45, 7) is 0.701. The molecule has 0 atom stereocenters. The SMILES string of the molecule is O=C(CCC1CCCC1)NNC(=O)c1ccc2c(=O)n3c(nc2c1)CCC3. The molecular weight excluding hydrogens is 344 g/mol. The Morgan fingerprint density at radius 2 is 1.96 bits per heavy atom. The van der Waals surface area contributed by atoms with Gasteiger partial charge in [0.25, 0.3) is 11.5 Å². The van der Waals surface area contributed by atoms with E-state index in [9.17, 15) is 14.4 Å². The van der Waals surface area contributed by atoms with Gasteiger partial charge in [0.05, 0.1) is 10.9 Å². The third-order valence-electron chi connectivity index (χ3n) is 5.65. The maximum atomic E-state index is 12.5. The van der Waals surface area contributed by atoms with E-state index in [0.29, 0.717) is 35.3 Å². The minimum absolute atomic E-state index is 0.0559. The molecule has 1 aromatic heterocycles. The largest absolute Gasteiger partial charge is 0.296 e. The molecular formula is C20H24N4O3. The van der Waals surface area contributed by atoms with E-state index < -0.39 is 5.91 Å². The van der Waals surface area contributed by atoms with E-state index >= 15 is 0 Å². The molecule has 142 valence electrons. The number of nitrogens with one attached hydrogen (secondary N) is 2. The van der Waals surface area contributed by atoms with Crippen molar-refractivity contribution in [2.45, 2.75) is 57.9 Å². The van der Waals surface area contributed by atoms with Crippen molar-refractivity contribution in [2.75, 3.05) is 0 Å². The molecule has 7 heteroatoms. The van der Waals surface area contributed by atoms with E-state index in [1.807, 2.05) is 0 Å². The van der Waals surface area contributed by atoms with Gasteiger partial charge in [-0.2, -0.15) is 0 Å². The summed E-state index contributed by atoms with van der Waals surface area (Å²) in [6, 6.07) is 4.83. The van der Waals surface area contributed by atoms with Crippen molar-refractivity contribution in [1.29, 1.82) is 0 Å². The Bertz CT molecular complexity index is 944. The number of amides is 2. The van der Waals surface area contributed by atoms with Crippen molar-refractivity contribution < 1.29 is 9.59 Å². The first-order chi connectivity index (χ1) is 13.1. The minimum atomic E-state index is -0.409. The highest BCUT2D eigenvalue weighted by Gasteiger charge is 2.18. The number of rotatable bonds is 4. The topological polar surface area (TPSA) is 93.1 Å². The van der Waals surface area contributed by atoms with E-state index in [1.54, 1.807) is 22.8 Å². The number of nitrogens with zero attached hydrogens (tertiary/aromatic N) is 2. The van der Waals surface area contributed by atoms with Crippen molar-refractivity contribution in [3.63, 3.8) is 0 Å². The lowest BCUT2D eigenvalue weighted by Crippen LogP contribution is -2.41. The van der Waals surface area contributed by atoms with Crippen LogP contribution in [0.2, 0.25) is 0 Å². The number of carbonyl (C=O) groups is 2. The average Bonchev–Trinajstić information content (AvgIpc) is 3.36. The molecule has 2 amide bonds. The molecule has 4 rings (SSSR count). The molecule has 1 fully saturated rings. The highest BCUT2D eigenvalue weighted by molar-refractivity contribution is 5.98.